The van der Waals surface area contributed by atoms with Crippen molar-refractivity contribution in [3.63, 3.8) is 0 Å². The molecule has 100 valence electrons. The van der Waals surface area contributed by atoms with Gasteiger partial charge in [-0.25, -0.2) is 0 Å². The summed E-state index contributed by atoms with van der Waals surface area (Å²) in [4.78, 5) is 11.5. The highest BCUT2D eigenvalue weighted by Crippen LogP contribution is 2.22. The minimum Gasteiger partial charge on any atom is -0.396 e. The SMILES string of the molecule is CC(C)C(=O)NCCC(CCO)c1ccccc1. The Morgan fingerprint density at radius 2 is 1.89 bits per heavy atom. The van der Waals surface area contributed by atoms with Crippen LogP contribution in [-0.4, -0.2) is 24.2 Å². The number of aliphatic hydroxyl groups is 1. The molecule has 1 atom stereocenters. The lowest BCUT2D eigenvalue weighted by molar-refractivity contribution is -0.123. The average molecular weight is 249 g/mol. The van der Waals surface area contributed by atoms with Gasteiger partial charge in [0.2, 0.25) is 5.91 Å². The third kappa shape index (κ3) is 4.88. The molecular weight excluding hydrogens is 226 g/mol. The van der Waals surface area contributed by atoms with Crippen molar-refractivity contribution in [1.82, 2.24) is 5.32 Å². The Bertz CT molecular complexity index is 349. The summed E-state index contributed by atoms with van der Waals surface area (Å²) in [5.74, 6) is 0.424. The van der Waals surface area contributed by atoms with Crippen LogP contribution in [-0.2, 0) is 4.79 Å². The van der Waals surface area contributed by atoms with Crippen molar-refractivity contribution in [3.8, 4) is 0 Å². The number of carbonyl (C=O) groups is 1. The molecule has 3 heteroatoms. The molecule has 18 heavy (non-hydrogen) atoms. The summed E-state index contributed by atoms with van der Waals surface area (Å²) >= 11 is 0. The number of hydrogen-bond donors (Lipinski definition) is 2. The quantitative estimate of drug-likeness (QED) is 0.779. The van der Waals surface area contributed by atoms with Crippen molar-refractivity contribution >= 4 is 5.91 Å². The summed E-state index contributed by atoms with van der Waals surface area (Å²) in [6.07, 6.45) is 1.60. The molecular formula is C15H23NO2. The van der Waals surface area contributed by atoms with Crippen LogP contribution in [0.15, 0.2) is 30.3 Å². The Balaban J connectivity index is 2.47. The fraction of sp³-hybridized carbons (Fsp3) is 0.533. The number of rotatable bonds is 7. The summed E-state index contributed by atoms with van der Waals surface area (Å²) in [7, 11) is 0. The lowest BCUT2D eigenvalue weighted by atomic mass is 9.93. The first-order valence-corrected chi connectivity index (χ1v) is 6.58. The molecule has 1 aromatic rings. The van der Waals surface area contributed by atoms with E-state index in [2.05, 4.69) is 17.4 Å². The van der Waals surface area contributed by atoms with Crippen molar-refractivity contribution in [3.05, 3.63) is 35.9 Å². The molecule has 0 aliphatic carbocycles. The third-order valence-electron chi connectivity index (χ3n) is 3.06. The van der Waals surface area contributed by atoms with Gasteiger partial charge in [0.05, 0.1) is 0 Å². The highest BCUT2D eigenvalue weighted by Gasteiger charge is 2.12. The second-order valence-electron chi connectivity index (χ2n) is 4.85. The number of hydrogen-bond acceptors (Lipinski definition) is 2. The fourth-order valence-corrected chi connectivity index (χ4v) is 1.93. The molecule has 0 aliphatic rings. The maximum Gasteiger partial charge on any atom is 0.222 e. The molecule has 1 aromatic carbocycles. The molecule has 1 rings (SSSR count). The van der Waals surface area contributed by atoms with Crippen LogP contribution in [0.4, 0.5) is 0 Å². The third-order valence-corrected chi connectivity index (χ3v) is 3.06. The first-order chi connectivity index (χ1) is 8.65. The van der Waals surface area contributed by atoms with E-state index in [0.29, 0.717) is 12.5 Å². The summed E-state index contributed by atoms with van der Waals surface area (Å²) in [5.41, 5.74) is 1.23. The highest BCUT2D eigenvalue weighted by molar-refractivity contribution is 5.77. The van der Waals surface area contributed by atoms with Gasteiger partial charge in [-0.3, -0.25) is 4.79 Å². The van der Waals surface area contributed by atoms with E-state index in [4.69, 9.17) is 5.11 Å². The van der Waals surface area contributed by atoms with Crippen molar-refractivity contribution in [1.29, 1.82) is 0 Å². The van der Waals surface area contributed by atoms with Gasteiger partial charge in [-0.05, 0) is 24.3 Å². The molecule has 0 heterocycles. The van der Waals surface area contributed by atoms with Crippen LogP contribution in [0.25, 0.3) is 0 Å². The number of aliphatic hydroxyl groups excluding tert-OH is 1. The highest BCUT2D eigenvalue weighted by atomic mass is 16.3. The van der Waals surface area contributed by atoms with Gasteiger partial charge in [0, 0.05) is 19.1 Å². The Labute approximate surface area is 109 Å². The number of carbonyl (C=O) groups excluding carboxylic acids is 1. The molecule has 2 N–H and O–H groups in total. The molecule has 3 nitrogen and oxygen atoms in total. The van der Waals surface area contributed by atoms with Gasteiger partial charge in [-0.1, -0.05) is 44.2 Å². The Morgan fingerprint density at radius 3 is 2.44 bits per heavy atom. The lowest BCUT2D eigenvalue weighted by Gasteiger charge is -2.17. The molecule has 0 saturated carbocycles. The molecule has 1 amide bonds. The van der Waals surface area contributed by atoms with Crippen LogP contribution in [0, 0.1) is 5.92 Å². The monoisotopic (exact) mass is 249 g/mol. The molecule has 0 aliphatic heterocycles. The van der Waals surface area contributed by atoms with E-state index in [9.17, 15) is 4.79 Å². The van der Waals surface area contributed by atoms with Gasteiger partial charge in [0.15, 0.2) is 0 Å². The zero-order valence-corrected chi connectivity index (χ0v) is 11.2. The van der Waals surface area contributed by atoms with Crippen LogP contribution >= 0.6 is 0 Å². The predicted octanol–water partition coefficient (Wildman–Crippen LogP) is 2.31. The second-order valence-corrected chi connectivity index (χ2v) is 4.85. The first kappa shape index (κ1) is 14.7. The second kappa shape index (κ2) is 7.88. The van der Waals surface area contributed by atoms with Crippen LogP contribution in [0.3, 0.4) is 0 Å². The first-order valence-electron chi connectivity index (χ1n) is 6.58. The van der Waals surface area contributed by atoms with E-state index >= 15 is 0 Å². The number of nitrogens with one attached hydrogen (secondary N) is 1. The Morgan fingerprint density at radius 1 is 1.22 bits per heavy atom. The zero-order chi connectivity index (χ0) is 13.4. The van der Waals surface area contributed by atoms with E-state index in [1.54, 1.807) is 0 Å². The number of amides is 1. The summed E-state index contributed by atoms with van der Waals surface area (Å²) in [5, 5.41) is 12.0. The molecule has 0 aromatic heterocycles. The maximum atomic E-state index is 11.5. The van der Waals surface area contributed by atoms with Crippen LogP contribution in [0.2, 0.25) is 0 Å². The summed E-state index contributed by atoms with van der Waals surface area (Å²) < 4.78 is 0. The van der Waals surface area contributed by atoms with E-state index < -0.39 is 0 Å². The maximum absolute atomic E-state index is 11.5. The van der Waals surface area contributed by atoms with Crippen molar-refractivity contribution in [2.75, 3.05) is 13.2 Å². The van der Waals surface area contributed by atoms with E-state index in [-0.39, 0.29) is 18.4 Å². The van der Waals surface area contributed by atoms with Gasteiger partial charge in [0.25, 0.3) is 0 Å². The van der Waals surface area contributed by atoms with Gasteiger partial charge >= 0.3 is 0 Å². The van der Waals surface area contributed by atoms with E-state index in [1.165, 1.54) is 5.56 Å². The fourth-order valence-electron chi connectivity index (χ4n) is 1.93. The van der Waals surface area contributed by atoms with Gasteiger partial charge in [-0.15, -0.1) is 0 Å². The smallest absolute Gasteiger partial charge is 0.222 e. The molecule has 0 radical (unpaired) electrons. The van der Waals surface area contributed by atoms with Crippen molar-refractivity contribution in [2.45, 2.75) is 32.6 Å². The Kier molecular flexibility index (Phi) is 6.44. The van der Waals surface area contributed by atoms with Crippen LogP contribution < -0.4 is 5.32 Å². The van der Waals surface area contributed by atoms with Gasteiger partial charge in [0.1, 0.15) is 0 Å². The molecule has 1 unspecified atom stereocenters. The van der Waals surface area contributed by atoms with Crippen molar-refractivity contribution in [2.24, 2.45) is 5.92 Å². The predicted molar refractivity (Wildman–Crippen MR) is 73.4 cm³/mol. The van der Waals surface area contributed by atoms with Gasteiger partial charge < -0.3 is 10.4 Å². The van der Waals surface area contributed by atoms with E-state index in [1.807, 2.05) is 32.0 Å². The minimum atomic E-state index is 0.0259. The van der Waals surface area contributed by atoms with E-state index in [0.717, 1.165) is 12.8 Å². The molecule has 0 saturated heterocycles. The molecule has 0 bridgehead atoms. The lowest BCUT2D eigenvalue weighted by Crippen LogP contribution is -2.29. The normalized spacial score (nSPS) is 12.4. The Hall–Kier alpha value is -1.35. The minimum absolute atomic E-state index is 0.0259. The summed E-state index contributed by atoms with van der Waals surface area (Å²) in [6, 6.07) is 10.1. The zero-order valence-electron chi connectivity index (χ0n) is 11.2. The van der Waals surface area contributed by atoms with Crippen LogP contribution in [0.1, 0.15) is 38.2 Å². The summed E-state index contributed by atoms with van der Waals surface area (Å²) in [6.45, 7) is 4.61. The topological polar surface area (TPSA) is 49.3 Å². The largest absolute Gasteiger partial charge is 0.396 e. The van der Waals surface area contributed by atoms with Crippen LogP contribution in [0.5, 0.6) is 0 Å². The molecule has 0 fully saturated rings. The average Bonchev–Trinajstić information content (AvgIpc) is 2.38. The van der Waals surface area contributed by atoms with Gasteiger partial charge in [-0.2, -0.15) is 0 Å². The molecule has 0 spiro atoms. The number of benzene rings is 1. The van der Waals surface area contributed by atoms with Crippen molar-refractivity contribution < 1.29 is 9.90 Å². The standard InChI is InChI=1S/C15H23NO2/c1-12(2)15(18)16-10-8-14(9-11-17)13-6-4-3-5-7-13/h3-7,12,14,17H,8-11H2,1-2H3,(H,16,18).